The highest BCUT2D eigenvalue weighted by Crippen LogP contribution is 2.18. The summed E-state index contributed by atoms with van der Waals surface area (Å²) in [5.41, 5.74) is 1.80. The molecule has 4 heteroatoms. The fourth-order valence-corrected chi connectivity index (χ4v) is 2.02. The van der Waals surface area contributed by atoms with Crippen molar-refractivity contribution in [3.63, 3.8) is 0 Å². The molecule has 92 valence electrons. The number of rotatable bonds is 3. The van der Waals surface area contributed by atoms with Gasteiger partial charge in [0.1, 0.15) is 5.56 Å². The lowest BCUT2D eigenvalue weighted by Crippen LogP contribution is -2.41. The van der Waals surface area contributed by atoms with E-state index in [4.69, 9.17) is 0 Å². The summed E-state index contributed by atoms with van der Waals surface area (Å²) in [4.78, 5) is 26.4. The van der Waals surface area contributed by atoms with Gasteiger partial charge in [0.15, 0.2) is 0 Å². The molecule has 17 heavy (non-hydrogen) atoms. The molecule has 0 aliphatic heterocycles. The molecule has 1 aliphatic carbocycles. The number of carbonyl (C=O) groups is 1. The molecule has 1 fully saturated rings. The first kappa shape index (κ1) is 11.9. The number of H-pyrrole nitrogens is 1. The van der Waals surface area contributed by atoms with Gasteiger partial charge in [-0.3, -0.25) is 9.59 Å². The van der Waals surface area contributed by atoms with Crippen molar-refractivity contribution in [2.75, 3.05) is 0 Å². The monoisotopic (exact) mass is 234 g/mol. The first-order chi connectivity index (χ1) is 8.11. The predicted octanol–water partition coefficient (Wildman–Crippen LogP) is 1.53. The van der Waals surface area contributed by atoms with Gasteiger partial charge in [-0.1, -0.05) is 6.92 Å². The van der Waals surface area contributed by atoms with Gasteiger partial charge in [-0.05, 0) is 44.2 Å². The highest BCUT2D eigenvalue weighted by Gasteiger charge is 2.21. The molecular formula is C13H18N2O2. The predicted molar refractivity (Wildman–Crippen MR) is 66.3 cm³/mol. The smallest absolute Gasteiger partial charge is 0.261 e. The van der Waals surface area contributed by atoms with E-state index in [0.717, 1.165) is 36.9 Å². The first-order valence-corrected chi connectivity index (χ1v) is 6.15. The van der Waals surface area contributed by atoms with Gasteiger partial charge in [0, 0.05) is 11.7 Å². The molecule has 0 saturated heterocycles. The number of carbonyl (C=O) groups excluding carboxylic acids is 1. The minimum absolute atomic E-state index is 0.236. The average molecular weight is 234 g/mol. The van der Waals surface area contributed by atoms with Crippen molar-refractivity contribution in [3.8, 4) is 0 Å². The SMILES string of the molecule is CCc1cc(C(=O)NC2CCC2)c(=O)[nH]c1C. The summed E-state index contributed by atoms with van der Waals surface area (Å²) in [5.74, 6) is -0.245. The Morgan fingerprint density at radius 1 is 1.53 bits per heavy atom. The Hall–Kier alpha value is -1.58. The van der Waals surface area contributed by atoms with E-state index < -0.39 is 0 Å². The Balaban J connectivity index is 2.24. The molecule has 1 saturated carbocycles. The summed E-state index contributed by atoms with van der Waals surface area (Å²) in [6, 6.07) is 1.97. The standard InChI is InChI=1S/C13H18N2O2/c1-3-9-7-11(12(16)14-8(9)2)13(17)15-10-5-4-6-10/h7,10H,3-6H2,1-2H3,(H,14,16)(H,15,17). The fraction of sp³-hybridized carbons (Fsp3) is 0.538. The Bertz CT molecular complexity index is 487. The third-order valence-corrected chi connectivity index (χ3v) is 3.41. The number of amides is 1. The van der Waals surface area contributed by atoms with Crippen LogP contribution in [-0.4, -0.2) is 16.9 Å². The molecule has 1 aromatic rings. The quantitative estimate of drug-likeness (QED) is 0.833. The van der Waals surface area contributed by atoms with Crippen molar-refractivity contribution >= 4 is 5.91 Å². The number of aromatic nitrogens is 1. The van der Waals surface area contributed by atoms with Gasteiger partial charge in [-0.2, -0.15) is 0 Å². The van der Waals surface area contributed by atoms with E-state index in [2.05, 4.69) is 10.3 Å². The number of hydrogen-bond acceptors (Lipinski definition) is 2. The van der Waals surface area contributed by atoms with Crippen molar-refractivity contribution in [1.29, 1.82) is 0 Å². The van der Waals surface area contributed by atoms with Crippen LogP contribution in [0.25, 0.3) is 0 Å². The summed E-state index contributed by atoms with van der Waals surface area (Å²) in [6.07, 6.45) is 4.02. The summed E-state index contributed by atoms with van der Waals surface area (Å²) in [7, 11) is 0. The van der Waals surface area contributed by atoms with E-state index in [-0.39, 0.29) is 23.1 Å². The van der Waals surface area contributed by atoms with Crippen molar-refractivity contribution in [2.24, 2.45) is 0 Å². The van der Waals surface area contributed by atoms with E-state index in [1.54, 1.807) is 6.07 Å². The number of aryl methyl sites for hydroxylation is 2. The zero-order valence-corrected chi connectivity index (χ0v) is 10.3. The molecule has 0 radical (unpaired) electrons. The van der Waals surface area contributed by atoms with Crippen LogP contribution in [0, 0.1) is 6.92 Å². The van der Waals surface area contributed by atoms with Gasteiger partial charge in [-0.25, -0.2) is 0 Å². The van der Waals surface area contributed by atoms with Crippen LogP contribution >= 0.6 is 0 Å². The summed E-state index contributed by atoms with van der Waals surface area (Å²) in [5, 5.41) is 2.89. The molecule has 1 aliphatic rings. The molecule has 2 rings (SSSR count). The second-order valence-corrected chi connectivity index (χ2v) is 4.62. The number of hydrogen-bond donors (Lipinski definition) is 2. The topological polar surface area (TPSA) is 62.0 Å². The summed E-state index contributed by atoms with van der Waals surface area (Å²) in [6.45, 7) is 3.86. The largest absolute Gasteiger partial charge is 0.349 e. The van der Waals surface area contributed by atoms with E-state index in [0.29, 0.717) is 0 Å². The van der Waals surface area contributed by atoms with Gasteiger partial charge in [0.25, 0.3) is 11.5 Å². The van der Waals surface area contributed by atoms with E-state index >= 15 is 0 Å². The lowest BCUT2D eigenvalue weighted by atomic mass is 9.93. The van der Waals surface area contributed by atoms with Crippen molar-refractivity contribution in [3.05, 3.63) is 33.2 Å². The lowest BCUT2D eigenvalue weighted by molar-refractivity contribution is 0.0915. The maximum absolute atomic E-state index is 11.9. The number of pyridine rings is 1. The zero-order valence-electron chi connectivity index (χ0n) is 10.3. The number of nitrogens with one attached hydrogen (secondary N) is 2. The second kappa shape index (κ2) is 4.73. The Morgan fingerprint density at radius 2 is 2.24 bits per heavy atom. The van der Waals surface area contributed by atoms with Crippen molar-refractivity contribution in [1.82, 2.24) is 10.3 Å². The molecule has 4 nitrogen and oxygen atoms in total. The lowest BCUT2D eigenvalue weighted by Gasteiger charge is -2.26. The second-order valence-electron chi connectivity index (χ2n) is 4.62. The zero-order chi connectivity index (χ0) is 12.4. The van der Waals surface area contributed by atoms with Gasteiger partial charge in [0.2, 0.25) is 0 Å². The van der Waals surface area contributed by atoms with E-state index in [9.17, 15) is 9.59 Å². The molecule has 1 aromatic heterocycles. The van der Waals surface area contributed by atoms with Crippen LogP contribution in [0.2, 0.25) is 0 Å². The minimum Gasteiger partial charge on any atom is -0.349 e. The van der Waals surface area contributed by atoms with Crippen molar-refractivity contribution in [2.45, 2.75) is 45.6 Å². The van der Waals surface area contributed by atoms with Crippen LogP contribution in [0.15, 0.2) is 10.9 Å². The third kappa shape index (κ3) is 2.40. The van der Waals surface area contributed by atoms with Crippen LogP contribution in [-0.2, 0) is 6.42 Å². The van der Waals surface area contributed by atoms with Gasteiger partial charge < -0.3 is 10.3 Å². The molecule has 0 atom stereocenters. The van der Waals surface area contributed by atoms with Crippen LogP contribution in [0.3, 0.4) is 0 Å². The van der Waals surface area contributed by atoms with E-state index in [1.165, 1.54) is 0 Å². The molecule has 0 aromatic carbocycles. The van der Waals surface area contributed by atoms with Crippen LogP contribution in [0.1, 0.15) is 47.8 Å². The summed E-state index contributed by atoms with van der Waals surface area (Å²) < 4.78 is 0. The molecule has 0 bridgehead atoms. The van der Waals surface area contributed by atoms with Gasteiger partial charge in [-0.15, -0.1) is 0 Å². The fourth-order valence-electron chi connectivity index (χ4n) is 2.02. The maximum Gasteiger partial charge on any atom is 0.261 e. The van der Waals surface area contributed by atoms with Crippen LogP contribution in [0.5, 0.6) is 0 Å². The first-order valence-electron chi connectivity index (χ1n) is 6.15. The third-order valence-electron chi connectivity index (χ3n) is 3.41. The summed E-state index contributed by atoms with van der Waals surface area (Å²) >= 11 is 0. The van der Waals surface area contributed by atoms with Crippen LogP contribution < -0.4 is 10.9 Å². The van der Waals surface area contributed by atoms with Gasteiger partial charge >= 0.3 is 0 Å². The van der Waals surface area contributed by atoms with Crippen LogP contribution in [0.4, 0.5) is 0 Å². The number of aromatic amines is 1. The Labute approximate surface area is 100 Å². The Kier molecular flexibility index (Phi) is 3.31. The maximum atomic E-state index is 11.9. The molecule has 1 amide bonds. The highest BCUT2D eigenvalue weighted by atomic mass is 16.2. The minimum atomic E-state index is -0.295. The molecule has 2 N–H and O–H groups in total. The molecule has 0 unspecified atom stereocenters. The molecular weight excluding hydrogens is 216 g/mol. The normalized spacial score (nSPS) is 15.4. The highest BCUT2D eigenvalue weighted by molar-refractivity contribution is 5.94. The molecule has 0 spiro atoms. The molecule has 1 heterocycles. The van der Waals surface area contributed by atoms with Gasteiger partial charge in [0.05, 0.1) is 0 Å². The Morgan fingerprint density at radius 3 is 2.76 bits per heavy atom. The average Bonchev–Trinajstić information content (AvgIpc) is 2.23. The van der Waals surface area contributed by atoms with Crippen molar-refractivity contribution < 1.29 is 4.79 Å². The van der Waals surface area contributed by atoms with E-state index in [1.807, 2.05) is 13.8 Å².